The fourth-order valence-electron chi connectivity index (χ4n) is 2.70. The van der Waals surface area contributed by atoms with Crippen LogP contribution in [0.4, 0.5) is 19.1 Å². The van der Waals surface area contributed by atoms with Gasteiger partial charge >= 0.3 is 6.36 Å². The molecule has 1 unspecified atom stereocenters. The summed E-state index contributed by atoms with van der Waals surface area (Å²) in [6.07, 6.45) is -4.22. The Bertz CT molecular complexity index is 962. The predicted octanol–water partition coefficient (Wildman–Crippen LogP) is 2.20. The summed E-state index contributed by atoms with van der Waals surface area (Å²) in [6.45, 7) is 1.20. The Morgan fingerprint density at radius 2 is 2.18 bits per heavy atom. The summed E-state index contributed by atoms with van der Waals surface area (Å²) in [7, 11) is 0. The molecule has 0 amide bonds. The molecule has 1 aromatic carbocycles. The van der Waals surface area contributed by atoms with Gasteiger partial charge in [-0.15, -0.1) is 13.2 Å². The van der Waals surface area contributed by atoms with Gasteiger partial charge in [0.1, 0.15) is 11.6 Å². The molecule has 2 heterocycles. The maximum Gasteiger partial charge on any atom is 0.573 e. The zero-order valence-corrected chi connectivity index (χ0v) is 14.4. The lowest BCUT2D eigenvalue weighted by molar-refractivity contribution is -0.275. The molecule has 0 aliphatic carbocycles. The summed E-state index contributed by atoms with van der Waals surface area (Å²) in [5, 5.41) is 9.17. The fraction of sp³-hybridized carbons (Fsp3) is 0.353. The Balaban J connectivity index is 1.99. The third-order valence-corrected chi connectivity index (χ3v) is 3.99. The minimum Gasteiger partial charge on any atom is -0.489 e. The average Bonchev–Trinajstić information content (AvgIpc) is 3.12. The van der Waals surface area contributed by atoms with E-state index >= 15 is 0 Å². The first-order valence-electron chi connectivity index (χ1n) is 8.17. The van der Waals surface area contributed by atoms with Gasteiger partial charge in [-0.3, -0.25) is 9.78 Å². The minimum absolute atomic E-state index is 0.0464. The number of aromatic nitrogens is 2. The van der Waals surface area contributed by atoms with Crippen LogP contribution in [0, 0.1) is 17.2 Å². The molecule has 1 fully saturated rings. The predicted molar refractivity (Wildman–Crippen MR) is 90.5 cm³/mol. The quantitative estimate of drug-likeness (QED) is 0.794. The number of rotatable bonds is 5. The first kappa shape index (κ1) is 19.5. The number of hydrogen-bond donors (Lipinski definition) is 2. The molecule has 1 aliphatic heterocycles. The lowest BCUT2D eigenvalue weighted by atomic mass is 10.1. The molecule has 148 valence electrons. The van der Waals surface area contributed by atoms with E-state index in [4.69, 9.17) is 20.5 Å². The molecule has 0 saturated carbocycles. The van der Waals surface area contributed by atoms with Crippen molar-refractivity contribution < 1.29 is 27.4 Å². The van der Waals surface area contributed by atoms with E-state index in [0.717, 1.165) is 12.5 Å². The summed E-state index contributed by atoms with van der Waals surface area (Å²) < 4.78 is 53.2. The highest BCUT2D eigenvalue weighted by molar-refractivity contribution is 5.69. The molecule has 8 nitrogen and oxygen atoms in total. The third kappa shape index (κ3) is 4.52. The smallest absolute Gasteiger partial charge is 0.489 e. The van der Waals surface area contributed by atoms with E-state index in [2.05, 4.69) is 14.7 Å². The number of anilines is 1. The van der Waals surface area contributed by atoms with Crippen molar-refractivity contribution in [1.29, 1.82) is 5.26 Å². The molecule has 1 aliphatic rings. The molecule has 1 saturated heterocycles. The highest BCUT2D eigenvalue weighted by Crippen LogP contribution is 2.36. The summed E-state index contributed by atoms with van der Waals surface area (Å²) >= 11 is 0. The van der Waals surface area contributed by atoms with Crippen molar-refractivity contribution in [3.63, 3.8) is 0 Å². The molecule has 1 aromatic heterocycles. The van der Waals surface area contributed by atoms with Crippen LogP contribution in [0.5, 0.6) is 11.5 Å². The first-order chi connectivity index (χ1) is 13.3. The van der Waals surface area contributed by atoms with Crippen LogP contribution in [0.2, 0.25) is 0 Å². The van der Waals surface area contributed by atoms with Crippen LogP contribution in [0.25, 0.3) is 11.3 Å². The molecule has 11 heteroatoms. The van der Waals surface area contributed by atoms with Crippen LogP contribution in [-0.2, 0) is 4.74 Å². The van der Waals surface area contributed by atoms with Gasteiger partial charge in [0.05, 0.1) is 18.9 Å². The number of nitrogens with two attached hydrogens (primary N) is 1. The second kappa shape index (κ2) is 7.77. The number of benzene rings is 1. The van der Waals surface area contributed by atoms with Crippen molar-refractivity contribution in [2.75, 3.05) is 25.6 Å². The summed E-state index contributed by atoms with van der Waals surface area (Å²) in [6, 6.07) is 5.28. The number of nitrogen functional groups attached to an aromatic ring is 1. The monoisotopic (exact) mass is 396 g/mol. The Kier molecular flexibility index (Phi) is 5.41. The van der Waals surface area contributed by atoms with E-state index in [-0.39, 0.29) is 41.0 Å². The maximum atomic E-state index is 12.8. The zero-order valence-electron chi connectivity index (χ0n) is 14.4. The number of ether oxygens (including phenoxy) is 3. The van der Waals surface area contributed by atoms with Gasteiger partial charge in [0.2, 0.25) is 5.95 Å². The topological polar surface area (TPSA) is 123 Å². The molecule has 3 rings (SSSR count). The second-order valence-electron chi connectivity index (χ2n) is 6.04. The summed E-state index contributed by atoms with van der Waals surface area (Å²) in [5.74, 6) is -0.964. The molecule has 1 atom stereocenters. The van der Waals surface area contributed by atoms with Crippen molar-refractivity contribution in [3.05, 3.63) is 34.1 Å². The number of hydrogen-bond acceptors (Lipinski definition) is 7. The first-order valence-corrected chi connectivity index (χ1v) is 8.17. The van der Waals surface area contributed by atoms with Crippen molar-refractivity contribution in [2.45, 2.75) is 12.8 Å². The standard InChI is InChI=1S/C17H15F3N4O4/c18-17(19,20)28-13-5-10(14-11(6-21)15(25)24-16(22)23-14)1-2-12(13)27-8-9-3-4-26-7-9/h1-2,5,9H,3-4,7-8H2,(H3,22,23,24,25). The molecule has 2 aromatic rings. The fourth-order valence-corrected chi connectivity index (χ4v) is 2.70. The normalized spacial score (nSPS) is 16.6. The number of H-pyrrole nitrogens is 1. The van der Waals surface area contributed by atoms with Gasteiger partial charge in [0.25, 0.3) is 5.56 Å². The van der Waals surface area contributed by atoms with Gasteiger partial charge in [-0.2, -0.15) is 5.26 Å². The van der Waals surface area contributed by atoms with Crippen LogP contribution in [0.1, 0.15) is 12.0 Å². The van der Waals surface area contributed by atoms with Gasteiger partial charge in [-0.05, 0) is 24.6 Å². The minimum atomic E-state index is -4.97. The Hall–Kier alpha value is -3.26. The number of aromatic amines is 1. The van der Waals surface area contributed by atoms with E-state index in [1.54, 1.807) is 6.07 Å². The maximum absolute atomic E-state index is 12.8. The molecular weight excluding hydrogens is 381 g/mol. The molecular formula is C17H15F3N4O4. The van der Waals surface area contributed by atoms with Gasteiger partial charge in [-0.1, -0.05) is 0 Å². The zero-order chi connectivity index (χ0) is 20.3. The van der Waals surface area contributed by atoms with Crippen molar-refractivity contribution in [1.82, 2.24) is 9.97 Å². The third-order valence-electron chi connectivity index (χ3n) is 3.99. The number of nitrogens with one attached hydrogen (secondary N) is 1. The number of halogens is 3. The van der Waals surface area contributed by atoms with Gasteiger partial charge in [0.15, 0.2) is 11.5 Å². The second-order valence-corrected chi connectivity index (χ2v) is 6.04. The summed E-state index contributed by atoms with van der Waals surface area (Å²) in [5.41, 5.74) is 4.18. The molecule has 3 N–H and O–H groups in total. The number of alkyl halides is 3. The van der Waals surface area contributed by atoms with Crippen molar-refractivity contribution >= 4 is 5.95 Å². The Morgan fingerprint density at radius 1 is 1.39 bits per heavy atom. The SMILES string of the molecule is N#Cc1c(-c2ccc(OCC3CCOC3)c(OC(F)(F)F)c2)nc(N)[nH]c1=O. The van der Waals surface area contributed by atoms with Crippen LogP contribution < -0.4 is 20.8 Å². The molecule has 0 radical (unpaired) electrons. The molecule has 28 heavy (non-hydrogen) atoms. The highest BCUT2D eigenvalue weighted by Gasteiger charge is 2.33. The number of nitrogens with zero attached hydrogens (tertiary/aromatic N) is 2. The molecule has 0 spiro atoms. The number of nitriles is 1. The van der Waals surface area contributed by atoms with Crippen LogP contribution in [-0.4, -0.2) is 36.2 Å². The van der Waals surface area contributed by atoms with E-state index in [1.807, 2.05) is 0 Å². The highest BCUT2D eigenvalue weighted by atomic mass is 19.4. The van der Waals surface area contributed by atoms with Gasteiger partial charge < -0.3 is 19.9 Å². The molecule has 0 bridgehead atoms. The summed E-state index contributed by atoms with van der Waals surface area (Å²) in [4.78, 5) is 17.9. The Morgan fingerprint density at radius 3 is 2.82 bits per heavy atom. The van der Waals surface area contributed by atoms with Crippen LogP contribution in [0.15, 0.2) is 23.0 Å². The van der Waals surface area contributed by atoms with Crippen LogP contribution >= 0.6 is 0 Å². The Labute approximate surface area is 156 Å². The van der Waals surface area contributed by atoms with E-state index < -0.39 is 17.7 Å². The average molecular weight is 396 g/mol. The van der Waals surface area contributed by atoms with E-state index in [0.29, 0.717) is 13.2 Å². The van der Waals surface area contributed by atoms with E-state index in [1.165, 1.54) is 12.1 Å². The van der Waals surface area contributed by atoms with Crippen LogP contribution in [0.3, 0.4) is 0 Å². The van der Waals surface area contributed by atoms with Crippen molar-refractivity contribution in [2.24, 2.45) is 5.92 Å². The van der Waals surface area contributed by atoms with E-state index in [9.17, 15) is 18.0 Å². The van der Waals surface area contributed by atoms with Gasteiger partial charge in [0, 0.05) is 18.1 Å². The van der Waals surface area contributed by atoms with Crippen molar-refractivity contribution in [3.8, 4) is 28.8 Å². The largest absolute Gasteiger partial charge is 0.573 e. The lowest BCUT2D eigenvalue weighted by Crippen LogP contribution is -2.19. The van der Waals surface area contributed by atoms with Gasteiger partial charge in [-0.25, -0.2) is 4.98 Å². The lowest BCUT2D eigenvalue weighted by Gasteiger charge is -2.17.